The van der Waals surface area contributed by atoms with Crippen LogP contribution in [0.15, 0.2) is 0 Å². The highest BCUT2D eigenvalue weighted by molar-refractivity contribution is 5.69. The van der Waals surface area contributed by atoms with E-state index in [1.54, 1.807) is 0 Å². The van der Waals surface area contributed by atoms with Crippen molar-refractivity contribution in [2.75, 3.05) is 13.2 Å². The maximum absolute atomic E-state index is 11.6. The second-order valence-corrected chi connectivity index (χ2v) is 7.35. The molecule has 0 atom stereocenters. The summed E-state index contributed by atoms with van der Waals surface area (Å²) in [5.41, 5.74) is 0. The lowest BCUT2D eigenvalue weighted by Crippen LogP contribution is -2.05. The van der Waals surface area contributed by atoms with Crippen LogP contribution in [0.25, 0.3) is 0 Å². The number of ether oxygens (including phenoxy) is 1. The Balaban J connectivity index is 3.11. The lowest BCUT2D eigenvalue weighted by atomic mass is 10.0. The highest BCUT2D eigenvalue weighted by Crippen LogP contribution is 2.13. The summed E-state index contributed by atoms with van der Waals surface area (Å²) in [6.45, 7) is 3.08. The number of hydrogen-bond donors (Lipinski definition) is 1. The van der Waals surface area contributed by atoms with Gasteiger partial charge in [0.2, 0.25) is 0 Å². The molecule has 1 N–H and O–H groups in total. The molecule has 0 heterocycles. The molecule has 0 unspecified atom stereocenters. The number of aliphatic hydroxyl groups excluding tert-OH is 1. The quantitative estimate of drug-likeness (QED) is 0.198. The monoisotopic (exact) mass is 356 g/mol. The number of unbranched alkanes of at least 4 members (excludes halogenated alkanes) is 15. The molecule has 3 heteroatoms. The van der Waals surface area contributed by atoms with E-state index in [1.165, 1.54) is 70.6 Å². The van der Waals surface area contributed by atoms with Crippen LogP contribution < -0.4 is 0 Å². The Labute approximate surface area is 156 Å². The molecule has 0 amide bonds. The van der Waals surface area contributed by atoms with Gasteiger partial charge in [0.25, 0.3) is 0 Å². The van der Waals surface area contributed by atoms with Gasteiger partial charge in [-0.25, -0.2) is 0 Å². The fraction of sp³-hybridized carbons (Fsp3) is 0.955. The van der Waals surface area contributed by atoms with Gasteiger partial charge in [-0.2, -0.15) is 0 Å². The van der Waals surface area contributed by atoms with E-state index >= 15 is 0 Å². The average molecular weight is 357 g/mol. The zero-order valence-corrected chi connectivity index (χ0v) is 16.9. The van der Waals surface area contributed by atoms with Gasteiger partial charge in [0.05, 0.1) is 6.61 Å². The fourth-order valence-electron chi connectivity index (χ4n) is 3.11. The number of aliphatic hydroxyl groups is 1. The van der Waals surface area contributed by atoms with Crippen molar-refractivity contribution in [1.82, 2.24) is 0 Å². The summed E-state index contributed by atoms with van der Waals surface area (Å²) >= 11 is 0. The Morgan fingerprint density at radius 1 is 0.640 bits per heavy atom. The minimum absolute atomic E-state index is 0.0368. The molecule has 0 radical (unpaired) electrons. The van der Waals surface area contributed by atoms with Crippen molar-refractivity contribution in [3.63, 3.8) is 0 Å². The third kappa shape index (κ3) is 21.4. The maximum Gasteiger partial charge on any atom is 0.305 e. The van der Waals surface area contributed by atoms with E-state index in [2.05, 4.69) is 6.92 Å². The largest absolute Gasteiger partial charge is 0.466 e. The zero-order chi connectivity index (χ0) is 18.4. The van der Waals surface area contributed by atoms with Crippen molar-refractivity contribution in [3.05, 3.63) is 0 Å². The molecule has 0 aliphatic rings. The van der Waals surface area contributed by atoms with Crippen LogP contribution in [-0.2, 0) is 9.53 Å². The molecule has 0 saturated heterocycles. The Kier molecular flexibility index (Phi) is 21.0. The first kappa shape index (κ1) is 24.4. The van der Waals surface area contributed by atoms with Gasteiger partial charge >= 0.3 is 5.97 Å². The van der Waals surface area contributed by atoms with Gasteiger partial charge in [-0.3, -0.25) is 4.79 Å². The molecule has 25 heavy (non-hydrogen) atoms. The molecule has 3 nitrogen and oxygen atoms in total. The van der Waals surface area contributed by atoms with Crippen molar-refractivity contribution in [2.45, 2.75) is 122 Å². The first-order valence-corrected chi connectivity index (χ1v) is 11.1. The molecule has 0 aliphatic heterocycles. The van der Waals surface area contributed by atoms with Crippen molar-refractivity contribution in [3.8, 4) is 0 Å². The van der Waals surface area contributed by atoms with Crippen LogP contribution >= 0.6 is 0 Å². The first-order chi connectivity index (χ1) is 12.3. The summed E-state index contributed by atoms with van der Waals surface area (Å²) in [5, 5.41) is 8.67. The summed E-state index contributed by atoms with van der Waals surface area (Å²) in [7, 11) is 0. The summed E-state index contributed by atoms with van der Waals surface area (Å²) < 4.78 is 5.23. The Bertz CT molecular complexity index is 266. The van der Waals surface area contributed by atoms with E-state index in [9.17, 15) is 4.79 Å². The van der Waals surface area contributed by atoms with Crippen LogP contribution in [0.3, 0.4) is 0 Å². The molecule has 0 fully saturated rings. The minimum Gasteiger partial charge on any atom is -0.466 e. The Morgan fingerprint density at radius 3 is 1.60 bits per heavy atom. The maximum atomic E-state index is 11.6. The molecule has 0 spiro atoms. The van der Waals surface area contributed by atoms with E-state index in [0.717, 1.165) is 38.5 Å². The minimum atomic E-state index is -0.0368. The number of hydrogen-bond acceptors (Lipinski definition) is 3. The van der Waals surface area contributed by atoms with E-state index < -0.39 is 0 Å². The summed E-state index contributed by atoms with van der Waals surface area (Å²) in [6.07, 6.45) is 21.7. The predicted molar refractivity (Wildman–Crippen MR) is 107 cm³/mol. The van der Waals surface area contributed by atoms with Crippen LogP contribution in [0, 0.1) is 0 Å². The van der Waals surface area contributed by atoms with E-state index in [0.29, 0.717) is 13.0 Å². The molecule has 0 bridgehead atoms. The van der Waals surface area contributed by atoms with Crippen LogP contribution in [-0.4, -0.2) is 24.3 Å². The van der Waals surface area contributed by atoms with E-state index in [4.69, 9.17) is 9.84 Å². The van der Waals surface area contributed by atoms with Gasteiger partial charge < -0.3 is 9.84 Å². The zero-order valence-electron chi connectivity index (χ0n) is 16.9. The molecular weight excluding hydrogens is 312 g/mol. The third-order valence-electron chi connectivity index (χ3n) is 4.80. The van der Waals surface area contributed by atoms with Crippen molar-refractivity contribution < 1.29 is 14.6 Å². The molecule has 0 aromatic heterocycles. The molecule has 0 aliphatic carbocycles. The Morgan fingerprint density at radius 2 is 1.08 bits per heavy atom. The second kappa shape index (κ2) is 21.5. The fourth-order valence-corrected chi connectivity index (χ4v) is 3.11. The van der Waals surface area contributed by atoms with Crippen LogP contribution in [0.4, 0.5) is 0 Å². The molecule has 0 rings (SSSR count). The van der Waals surface area contributed by atoms with E-state index in [1.807, 2.05) is 0 Å². The average Bonchev–Trinajstić information content (AvgIpc) is 2.62. The number of rotatable bonds is 20. The normalized spacial score (nSPS) is 11.0. The number of carbonyl (C=O) groups excluding carboxylic acids is 1. The number of esters is 1. The molecule has 0 aromatic carbocycles. The van der Waals surface area contributed by atoms with Crippen LogP contribution in [0.1, 0.15) is 122 Å². The van der Waals surface area contributed by atoms with Crippen molar-refractivity contribution in [2.24, 2.45) is 0 Å². The lowest BCUT2D eigenvalue weighted by Gasteiger charge is -2.05. The molecular formula is C22H44O3. The number of carbonyl (C=O) groups is 1. The van der Waals surface area contributed by atoms with Crippen molar-refractivity contribution >= 4 is 5.97 Å². The molecule has 0 saturated carbocycles. The Hall–Kier alpha value is -0.570. The van der Waals surface area contributed by atoms with E-state index in [-0.39, 0.29) is 12.6 Å². The second-order valence-electron chi connectivity index (χ2n) is 7.35. The van der Waals surface area contributed by atoms with Gasteiger partial charge in [0, 0.05) is 13.0 Å². The van der Waals surface area contributed by atoms with Gasteiger partial charge in [-0.15, -0.1) is 0 Å². The predicted octanol–water partition coefficient (Wildman–Crippen LogP) is 6.56. The highest BCUT2D eigenvalue weighted by atomic mass is 16.5. The van der Waals surface area contributed by atoms with Gasteiger partial charge in [-0.05, 0) is 25.7 Å². The topological polar surface area (TPSA) is 46.5 Å². The third-order valence-corrected chi connectivity index (χ3v) is 4.80. The summed E-state index contributed by atoms with van der Waals surface area (Å²) in [5.74, 6) is -0.0368. The highest BCUT2D eigenvalue weighted by Gasteiger charge is 2.02. The van der Waals surface area contributed by atoms with Crippen LogP contribution in [0.2, 0.25) is 0 Å². The summed E-state index contributed by atoms with van der Waals surface area (Å²) in [6, 6.07) is 0. The molecule has 150 valence electrons. The van der Waals surface area contributed by atoms with Gasteiger partial charge in [0.1, 0.15) is 0 Å². The first-order valence-electron chi connectivity index (χ1n) is 11.1. The van der Waals surface area contributed by atoms with Gasteiger partial charge in [-0.1, -0.05) is 90.4 Å². The summed E-state index contributed by atoms with van der Waals surface area (Å²) in [4.78, 5) is 11.6. The SMILES string of the molecule is CCCCCCCCCCCCCCCC(=O)OCCCCCCO. The smallest absolute Gasteiger partial charge is 0.305 e. The van der Waals surface area contributed by atoms with Gasteiger partial charge in [0.15, 0.2) is 0 Å². The van der Waals surface area contributed by atoms with Crippen molar-refractivity contribution in [1.29, 1.82) is 0 Å². The molecule has 0 aromatic rings. The standard InChI is InChI=1S/C22H44O3/c1-2-3-4-5-6-7-8-9-10-11-12-13-16-19-22(24)25-21-18-15-14-17-20-23/h23H,2-21H2,1H3. The lowest BCUT2D eigenvalue weighted by molar-refractivity contribution is -0.143. The van der Waals surface area contributed by atoms with Crippen LogP contribution in [0.5, 0.6) is 0 Å².